The average Bonchev–Trinajstić information content (AvgIpc) is 2.66. The van der Waals surface area contributed by atoms with Crippen molar-refractivity contribution in [3.63, 3.8) is 0 Å². The molecule has 2 unspecified atom stereocenters. The Morgan fingerprint density at radius 3 is 2.82 bits per heavy atom. The molecule has 0 bridgehead atoms. The lowest BCUT2D eigenvalue weighted by molar-refractivity contribution is 0.306. The molecule has 1 saturated carbocycles. The Morgan fingerprint density at radius 1 is 1.24 bits per heavy atom. The van der Waals surface area contributed by atoms with E-state index in [1.807, 2.05) is 28.8 Å². The molecule has 3 N–H and O–H groups in total. The molecule has 0 radical (unpaired) electrons. The van der Waals surface area contributed by atoms with Crippen LogP contribution in [0.5, 0.6) is 0 Å². The van der Waals surface area contributed by atoms with Crippen LogP contribution in [0.3, 0.4) is 0 Å². The number of imidazole rings is 1. The molecular weight excluding hydrogens is 214 g/mol. The molecule has 0 saturated heterocycles. The van der Waals surface area contributed by atoms with Crippen molar-refractivity contribution in [1.29, 1.82) is 0 Å². The summed E-state index contributed by atoms with van der Waals surface area (Å²) in [5.41, 5.74) is 7.99. The van der Waals surface area contributed by atoms with Gasteiger partial charge in [0.15, 0.2) is 0 Å². The highest BCUT2D eigenvalue weighted by Gasteiger charge is 2.26. The fourth-order valence-electron chi connectivity index (χ4n) is 2.86. The molecule has 1 heterocycles. The fraction of sp³-hybridized carbons (Fsp3) is 0.462. The lowest BCUT2D eigenvalue weighted by Crippen LogP contribution is -2.38. The third-order valence-electron chi connectivity index (χ3n) is 3.74. The molecule has 4 heteroatoms. The van der Waals surface area contributed by atoms with Gasteiger partial charge < -0.3 is 10.7 Å². The Labute approximate surface area is 99.4 Å². The molecule has 17 heavy (non-hydrogen) atoms. The summed E-state index contributed by atoms with van der Waals surface area (Å²) in [6.45, 7) is 0. The van der Waals surface area contributed by atoms with E-state index in [1.54, 1.807) is 0 Å². The van der Waals surface area contributed by atoms with Gasteiger partial charge in [0, 0.05) is 6.04 Å². The smallest absolute Gasteiger partial charge is 0.326 e. The van der Waals surface area contributed by atoms with Gasteiger partial charge in [-0.2, -0.15) is 0 Å². The van der Waals surface area contributed by atoms with Crippen LogP contribution < -0.4 is 11.4 Å². The molecule has 2 atom stereocenters. The summed E-state index contributed by atoms with van der Waals surface area (Å²) in [7, 11) is 0. The van der Waals surface area contributed by atoms with E-state index < -0.39 is 0 Å². The van der Waals surface area contributed by atoms with E-state index in [9.17, 15) is 4.79 Å². The molecule has 0 spiro atoms. The first-order chi connectivity index (χ1) is 8.27. The Bertz CT molecular complexity index is 584. The second-order valence-electron chi connectivity index (χ2n) is 4.83. The molecular formula is C13H17N3O. The molecule has 0 aliphatic heterocycles. The van der Waals surface area contributed by atoms with Crippen LogP contribution in [-0.2, 0) is 0 Å². The maximum Gasteiger partial charge on any atom is 0.326 e. The zero-order valence-electron chi connectivity index (χ0n) is 9.73. The Morgan fingerprint density at radius 2 is 2.00 bits per heavy atom. The van der Waals surface area contributed by atoms with Crippen molar-refractivity contribution in [2.24, 2.45) is 5.73 Å². The lowest BCUT2D eigenvalue weighted by Gasteiger charge is -2.29. The first kappa shape index (κ1) is 10.6. The van der Waals surface area contributed by atoms with Gasteiger partial charge in [-0.05, 0) is 25.0 Å². The van der Waals surface area contributed by atoms with E-state index in [1.165, 1.54) is 6.42 Å². The largest absolute Gasteiger partial charge is 0.326 e. The number of nitrogens with one attached hydrogen (secondary N) is 1. The summed E-state index contributed by atoms with van der Waals surface area (Å²) >= 11 is 0. The zero-order chi connectivity index (χ0) is 11.8. The van der Waals surface area contributed by atoms with Crippen molar-refractivity contribution < 1.29 is 0 Å². The van der Waals surface area contributed by atoms with Crippen molar-refractivity contribution >= 4 is 11.0 Å². The van der Waals surface area contributed by atoms with Crippen molar-refractivity contribution in [3.8, 4) is 0 Å². The van der Waals surface area contributed by atoms with E-state index in [0.29, 0.717) is 0 Å². The number of aromatic amines is 1. The number of hydrogen-bond acceptors (Lipinski definition) is 2. The van der Waals surface area contributed by atoms with Crippen molar-refractivity contribution in [1.82, 2.24) is 9.55 Å². The SMILES string of the molecule is NC1CCCCC1n1c(=O)[nH]c2ccccc21. The first-order valence-corrected chi connectivity index (χ1v) is 6.22. The number of nitrogens with zero attached hydrogens (tertiary/aromatic N) is 1. The van der Waals surface area contributed by atoms with E-state index in [4.69, 9.17) is 5.73 Å². The minimum atomic E-state index is -0.0337. The van der Waals surface area contributed by atoms with Gasteiger partial charge in [0.05, 0.1) is 17.1 Å². The lowest BCUT2D eigenvalue weighted by atomic mass is 9.91. The quantitative estimate of drug-likeness (QED) is 0.785. The predicted molar refractivity (Wildman–Crippen MR) is 68.0 cm³/mol. The summed E-state index contributed by atoms with van der Waals surface area (Å²) in [5.74, 6) is 0. The number of H-pyrrole nitrogens is 1. The van der Waals surface area contributed by atoms with Crippen LogP contribution in [0.15, 0.2) is 29.1 Å². The molecule has 1 fully saturated rings. The number of benzene rings is 1. The third-order valence-corrected chi connectivity index (χ3v) is 3.74. The monoisotopic (exact) mass is 231 g/mol. The first-order valence-electron chi connectivity index (χ1n) is 6.22. The maximum atomic E-state index is 12.0. The van der Waals surface area contributed by atoms with Crippen LogP contribution >= 0.6 is 0 Å². The van der Waals surface area contributed by atoms with Gasteiger partial charge in [0.1, 0.15) is 0 Å². The maximum absolute atomic E-state index is 12.0. The molecule has 0 amide bonds. The number of fused-ring (bicyclic) bond motifs is 1. The molecule has 1 aromatic heterocycles. The second-order valence-corrected chi connectivity index (χ2v) is 4.83. The van der Waals surface area contributed by atoms with Crippen LogP contribution in [0.25, 0.3) is 11.0 Å². The Balaban J connectivity index is 2.15. The predicted octanol–water partition coefficient (Wildman–Crippen LogP) is 1.77. The van der Waals surface area contributed by atoms with E-state index in [-0.39, 0.29) is 17.8 Å². The summed E-state index contributed by atoms with van der Waals surface area (Å²) in [6.07, 6.45) is 4.35. The summed E-state index contributed by atoms with van der Waals surface area (Å²) in [5, 5.41) is 0. The second kappa shape index (κ2) is 4.04. The molecule has 1 aliphatic rings. The molecule has 1 aliphatic carbocycles. The molecule has 3 rings (SSSR count). The highest BCUT2D eigenvalue weighted by atomic mass is 16.1. The van der Waals surface area contributed by atoms with Crippen LogP contribution in [0, 0.1) is 0 Å². The normalized spacial score (nSPS) is 25.2. The highest BCUT2D eigenvalue weighted by molar-refractivity contribution is 5.75. The van der Waals surface area contributed by atoms with E-state index in [2.05, 4.69) is 4.98 Å². The minimum absolute atomic E-state index is 0.0337. The van der Waals surface area contributed by atoms with Gasteiger partial charge in [-0.15, -0.1) is 0 Å². The molecule has 1 aromatic carbocycles. The van der Waals surface area contributed by atoms with Gasteiger partial charge in [-0.1, -0.05) is 25.0 Å². The number of aromatic nitrogens is 2. The molecule has 90 valence electrons. The van der Waals surface area contributed by atoms with Crippen molar-refractivity contribution in [2.45, 2.75) is 37.8 Å². The van der Waals surface area contributed by atoms with Gasteiger partial charge in [-0.25, -0.2) is 4.79 Å². The fourth-order valence-corrected chi connectivity index (χ4v) is 2.86. The Kier molecular flexibility index (Phi) is 2.52. The van der Waals surface area contributed by atoms with Crippen LogP contribution in [0.1, 0.15) is 31.7 Å². The number of para-hydroxylation sites is 2. The van der Waals surface area contributed by atoms with Crippen LogP contribution in [-0.4, -0.2) is 15.6 Å². The third kappa shape index (κ3) is 1.69. The Hall–Kier alpha value is -1.55. The minimum Gasteiger partial charge on any atom is -0.326 e. The summed E-state index contributed by atoms with van der Waals surface area (Å²) < 4.78 is 1.85. The summed E-state index contributed by atoms with van der Waals surface area (Å²) in [4.78, 5) is 14.9. The van der Waals surface area contributed by atoms with Crippen molar-refractivity contribution in [2.75, 3.05) is 0 Å². The highest BCUT2D eigenvalue weighted by Crippen LogP contribution is 2.28. The van der Waals surface area contributed by atoms with Crippen LogP contribution in [0.4, 0.5) is 0 Å². The van der Waals surface area contributed by atoms with Crippen LogP contribution in [0.2, 0.25) is 0 Å². The van der Waals surface area contributed by atoms with Gasteiger partial charge in [0.2, 0.25) is 0 Å². The van der Waals surface area contributed by atoms with E-state index >= 15 is 0 Å². The average molecular weight is 231 g/mol. The molecule has 4 nitrogen and oxygen atoms in total. The van der Waals surface area contributed by atoms with Gasteiger partial charge in [-0.3, -0.25) is 4.57 Å². The zero-order valence-corrected chi connectivity index (χ0v) is 9.73. The topological polar surface area (TPSA) is 63.8 Å². The number of nitrogens with two attached hydrogens (primary N) is 1. The molecule has 2 aromatic rings. The van der Waals surface area contributed by atoms with Gasteiger partial charge >= 0.3 is 5.69 Å². The number of hydrogen-bond donors (Lipinski definition) is 2. The van der Waals surface area contributed by atoms with Gasteiger partial charge in [0.25, 0.3) is 0 Å². The standard InChI is InChI=1S/C13H17N3O/c14-9-5-1-3-7-11(9)16-12-8-4-2-6-10(12)15-13(16)17/h2,4,6,8-9,11H,1,3,5,7,14H2,(H,15,17). The van der Waals surface area contributed by atoms with Crippen molar-refractivity contribution in [3.05, 3.63) is 34.7 Å². The van der Waals surface area contributed by atoms with E-state index in [0.717, 1.165) is 30.3 Å². The summed E-state index contributed by atoms with van der Waals surface area (Å²) in [6, 6.07) is 8.05. The number of rotatable bonds is 1.